The van der Waals surface area contributed by atoms with E-state index in [0.29, 0.717) is 0 Å². The van der Waals surface area contributed by atoms with Crippen molar-refractivity contribution in [1.29, 1.82) is 0 Å². The molecule has 0 N–H and O–H groups in total. The highest BCUT2D eigenvalue weighted by atomic mass is 35.5. The van der Waals surface area contributed by atoms with Crippen LogP contribution >= 0.6 is 11.6 Å². The second-order valence-corrected chi connectivity index (χ2v) is 2.38. The van der Waals surface area contributed by atoms with Crippen molar-refractivity contribution in [2.24, 2.45) is 0 Å². The first kappa shape index (κ1) is 9.19. The molecule has 0 saturated carbocycles. The van der Waals surface area contributed by atoms with E-state index in [0.717, 1.165) is 12.3 Å². The third-order valence-electron chi connectivity index (χ3n) is 1.12. The summed E-state index contributed by atoms with van der Waals surface area (Å²) in [7, 11) is 0. The van der Waals surface area contributed by atoms with Gasteiger partial charge < -0.3 is 4.74 Å². The summed E-state index contributed by atoms with van der Waals surface area (Å²) in [5.74, 6) is -0.497. The summed E-state index contributed by atoms with van der Waals surface area (Å²) in [6.45, 7) is -0.721. The first-order valence-corrected chi connectivity index (χ1v) is 3.61. The molecule has 1 aromatic heterocycles. The lowest BCUT2D eigenvalue weighted by molar-refractivity contribution is 0.272. The molecule has 1 heterocycles. The number of hydrogen-bond donors (Lipinski definition) is 0. The minimum atomic E-state index is -0.687. The maximum Gasteiger partial charge on any atom is 0.214 e. The van der Waals surface area contributed by atoms with Crippen molar-refractivity contribution >= 4 is 11.6 Å². The Morgan fingerprint density at radius 2 is 2.33 bits per heavy atom. The van der Waals surface area contributed by atoms with Gasteiger partial charge in [0.05, 0.1) is 11.2 Å². The molecule has 2 nitrogen and oxygen atoms in total. The monoisotopic (exact) mass is 193 g/mol. The van der Waals surface area contributed by atoms with Crippen LogP contribution in [-0.4, -0.2) is 18.3 Å². The summed E-state index contributed by atoms with van der Waals surface area (Å²) in [4.78, 5) is 3.29. The number of pyridine rings is 1. The lowest BCUT2D eigenvalue weighted by Gasteiger charge is -2.03. The summed E-state index contributed by atoms with van der Waals surface area (Å²) in [5.41, 5.74) is 0. The molecule has 5 heteroatoms. The number of alkyl halides is 1. The van der Waals surface area contributed by atoms with Crippen LogP contribution in [0.1, 0.15) is 0 Å². The molecule has 0 spiro atoms. The maximum absolute atomic E-state index is 12.3. The Bertz CT molecular complexity index is 270. The van der Waals surface area contributed by atoms with E-state index in [-0.39, 0.29) is 17.4 Å². The molecule has 12 heavy (non-hydrogen) atoms. The largest absolute Gasteiger partial charge is 0.488 e. The highest BCUT2D eigenvalue weighted by molar-refractivity contribution is 6.31. The molecule has 0 bridgehead atoms. The van der Waals surface area contributed by atoms with Gasteiger partial charge in [0.1, 0.15) is 13.3 Å². The third-order valence-corrected chi connectivity index (χ3v) is 1.42. The average molecular weight is 194 g/mol. The Hall–Kier alpha value is -0.900. The van der Waals surface area contributed by atoms with Gasteiger partial charge in [-0.05, 0) is 0 Å². The molecular weight excluding hydrogens is 188 g/mol. The molecule has 0 atom stereocenters. The molecule has 0 unspecified atom stereocenters. The van der Waals surface area contributed by atoms with Crippen LogP contribution in [0.5, 0.6) is 5.75 Å². The topological polar surface area (TPSA) is 22.1 Å². The zero-order valence-electron chi connectivity index (χ0n) is 6.06. The fraction of sp³-hybridized carbons (Fsp3) is 0.286. The number of aromatic nitrogens is 1. The zero-order valence-corrected chi connectivity index (χ0v) is 6.81. The van der Waals surface area contributed by atoms with E-state index >= 15 is 0 Å². The molecule has 0 aliphatic rings. The second kappa shape index (κ2) is 4.21. The summed E-state index contributed by atoms with van der Waals surface area (Å²) >= 11 is 5.54. The van der Waals surface area contributed by atoms with Crippen LogP contribution in [0.3, 0.4) is 0 Å². The van der Waals surface area contributed by atoms with Gasteiger partial charge in [-0.3, -0.25) is 0 Å². The predicted molar refractivity (Wildman–Crippen MR) is 40.7 cm³/mol. The summed E-state index contributed by atoms with van der Waals surface area (Å²) < 4.78 is 28.8. The first-order valence-electron chi connectivity index (χ1n) is 3.24. The molecule has 0 aliphatic heterocycles. The van der Waals surface area contributed by atoms with Crippen LogP contribution < -0.4 is 4.74 Å². The molecule has 0 aliphatic carbocycles. The van der Waals surface area contributed by atoms with Crippen molar-refractivity contribution in [2.45, 2.75) is 0 Å². The summed E-state index contributed by atoms with van der Waals surface area (Å²) in [5, 5.41) is 0.0935. The molecule has 0 amide bonds. The molecule has 0 saturated heterocycles. The standard InChI is InChI=1S/C7H6ClF2NO/c8-5-3-7(10)11-4-6(5)12-2-1-9/h3-4H,1-2H2. The second-order valence-electron chi connectivity index (χ2n) is 1.97. The molecule has 66 valence electrons. The third kappa shape index (κ3) is 2.30. The molecular formula is C7H6ClF2NO. The molecule has 1 aromatic rings. The van der Waals surface area contributed by atoms with Gasteiger partial charge in [0.15, 0.2) is 5.75 Å². The normalized spacial score (nSPS) is 9.92. The van der Waals surface area contributed by atoms with Crippen LogP contribution in [0, 0.1) is 5.95 Å². The van der Waals surface area contributed by atoms with Crippen LogP contribution in [0.15, 0.2) is 12.3 Å². The molecule has 1 rings (SSSR count). The SMILES string of the molecule is FCCOc1cnc(F)cc1Cl. The van der Waals surface area contributed by atoms with Crippen LogP contribution in [0.2, 0.25) is 5.02 Å². The van der Waals surface area contributed by atoms with E-state index < -0.39 is 12.6 Å². The Kier molecular flexibility index (Phi) is 3.22. The van der Waals surface area contributed by atoms with E-state index in [4.69, 9.17) is 16.3 Å². The zero-order chi connectivity index (χ0) is 8.97. The highest BCUT2D eigenvalue weighted by Crippen LogP contribution is 2.22. The lowest BCUT2D eigenvalue weighted by atomic mass is 10.4. The van der Waals surface area contributed by atoms with Gasteiger partial charge in [0.2, 0.25) is 5.95 Å². The first-order chi connectivity index (χ1) is 5.74. The smallest absolute Gasteiger partial charge is 0.214 e. The Morgan fingerprint density at radius 3 is 2.92 bits per heavy atom. The summed E-state index contributed by atoms with van der Waals surface area (Å²) in [6.07, 6.45) is 1.12. The van der Waals surface area contributed by atoms with Crippen molar-refractivity contribution in [2.75, 3.05) is 13.3 Å². The average Bonchev–Trinajstić information content (AvgIpc) is 2.03. The van der Waals surface area contributed by atoms with E-state index in [9.17, 15) is 8.78 Å². The highest BCUT2D eigenvalue weighted by Gasteiger charge is 2.03. The van der Waals surface area contributed by atoms with Crippen LogP contribution in [0.25, 0.3) is 0 Å². The van der Waals surface area contributed by atoms with E-state index in [2.05, 4.69) is 4.98 Å². The molecule has 0 aromatic carbocycles. The Balaban J connectivity index is 2.72. The Labute approximate surface area is 73.1 Å². The maximum atomic E-state index is 12.3. The van der Waals surface area contributed by atoms with Gasteiger partial charge in [-0.25, -0.2) is 9.37 Å². The number of halogens is 3. The van der Waals surface area contributed by atoms with Crippen molar-refractivity contribution in [3.8, 4) is 5.75 Å². The van der Waals surface area contributed by atoms with Crippen molar-refractivity contribution in [1.82, 2.24) is 4.98 Å². The quantitative estimate of drug-likeness (QED) is 0.687. The van der Waals surface area contributed by atoms with Gasteiger partial charge in [-0.1, -0.05) is 11.6 Å². The fourth-order valence-corrected chi connectivity index (χ4v) is 0.843. The minimum Gasteiger partial charge on any atom is -0.488 e. The van der Waals surface area contributed by atoms with E-state index in [1.54, 1.807) is 0 Å². The number of rotatable bonds is 3. The van der Waals surface area contributed by atoms with E-state index in [1.165, 1.54) is 0 Å². The lowest BCUT2D eigenvalue weighted by Crippen LogP contribution is -1.99. The summed E-state index contributed by atoms with van der Waals surface area (Å²) in [6, 6.07) is 1.01. The number of ether oxygens (including phenoxy) is 1. The minimum absolute atomic E-state index is 0.0935. The Morgan fingerprint density at radius 1 is 1.58 bits per heavy atom. The van der Waals surface area contributed by atoms with Gasteiger partial charge in [0, 0.05) is 6.07 Å². The predicted octanol–water partition coefficient (Wildman–Crippen LogP) is 2.22. The fourth-order valence-electron chi connectivity index (χ4n) is 0.650. The van der Waals surface area contributed by atoms with Crippen LogP contribution in [-0.2, 0) is 0 Å². The van der Waals surface area contributed by atoms with Gasteiger partial charge >= 0.3 is 0 Å². The molecule has 0 radical (unpaired) electrons. The van der Waals surface area contributed by atoms with Crippen LogP contribution in [0.4, 0.5) is 8.78 Å². The van der Waals surface area contributed by atoms with E-state index in [1.807, 2.05) is 0 Å². The van der Waals surface area contributed by atoms with Crippen molar-refractivity contribution < 1.29 is 13.5 Å². The van der Waals surface area contributed by atoms with Gasteiger partial charge in [0.25, 0.3) is 0 Å². The van der Waals surface area contributed by atoms with Gasteiger partial charge in [-0.2, -0.15) is 4.39 Å². The van der Waals surface area contributed by atoms with Gasteiger partial charge in [-0.15, -0.1) is 0 Å². The number of hydrogen-bond acceptors (Lipinski definition) is 2. The number of nitrogens with zero attached hydrogens (tertiary/aromatic N) is 1. The van der Waals surface area contributed by atoms with Crippen molar-refractivity contribution in [3.05, 3.63) is 23.2 Å². The van der Waals surface area contributed by atoms with Crippen molar-refractivity contribution in [3.63, 3.8) is 0 Å². The molecule has 0 fully saturated rings.